The van der Waals surface area contributed by atoms with Gasteiger partial charge in [0.1, 0.15) is 11.6 Å². The van der Waals surface area contributed by atoms with Crippen LogP contribution in [0.4, 0.5) is 5.82 Å². The Morgan fingerprint density at radius 1 is 1.17 bits per heavy atom. The average molecular weight is 323 g/mol. The lowest BCUT2D eigenvalue weighted by Gasteiger charge is -2.35. The van der Waals surface area contributed by atoms with Gasteiger partial charge in [-0.3, -0.25) is 9.78 Å². The van der Waals surface area contributed by atoms with E-state index in [0.717, 1.165) is 36.0 Å². The van der Waals surface area contributed by atoms with Gasteiger partial charge in [0, 0.05) is 56.4 Å². The summed E-state index contributed by atoms with van der Waals surface area (Å²) in [6.07, 6.45) is 6.88. The summed E-state index contributed by atoms with van der Waals surface area (Å²) in [5.74, 6) is 1.76. The van der Waals surface area contributed by atoms with Gasteiger partial charge in [-0.1, -0.05) is 6.07 Å². The SMILES string of the molecule is Cc1cc(N2CCN(C(=O)/C=C/c3cccnc3)CC2)nc(C)n1. The second kappa shape index (κ2) is 7.21. The second-order valence-corrected chi connectivity index (χ2v) is 5.85. The van der Waals surface area contributed by atoms with E-state index in [-0.39, 0.29) is 5.91 Å². The van der Waals surface area contributed by atoms with Crippen molar-refractivity contribution in [1.29, 1.82) is 0 Å². The molecule has 1 aliphatic rings. The molecule has 2 aromatic rings. The molecule has 3 rings (SSSR count). The second-order valence-electron chi connectivity index (χ2n) is 5.85. The van der Waals surface area contributed by atoms with Gasteiger partial charge in [0.15, 0.2) is 0 Å². The van der Waals surface area contributed by atoms with Crippen molar-refractivity contribution in [2.75, 3.05) is 31.1 Å². The lowest BCUT2D eigenvalue weighted by Crippen LogP contribution is -2.48. The number of aryl methyl sites for hydroxylation is 2. The summed E-state index contributed by atoms with van der Waals surface area (Å²) in [6.45, 7) is 6.82. The molecule has 0 saturated carbocycles. The van der Waals surface area contributed by atoms with Gasteiger partial charge in [-0.2, -0.15) is 0 Å². The maximum atomic E-state index is 12.3. The molecule has 0 N–H and O–H groups in total. The number of piperazine rings is 1. The zero-order chi connectivity index (χ0) is 16.9. The molecule has 0 aliphatic carbocycles. The van der Waals surface area contributed by atoms with E-state index in [9.17, 15) is 4.79 Å². The molecule has 1 amide bonds. The smallest absolute Gasteiger partial charge is 0.246 e. The highest BCUT2D eigenvalue weighted by molar-refractivity contribution is 5.91. The Labute approximate surface area is 141 Å². The zero-order valence-corrected chi connectivity index (χ0v) is 14.0. The van der Waals surface area contributed by atoms with Crippen LogP contribution in [0.3, 0.4) is 0 Å². The summed E-state index contributed by atoms with van der Waals surface area (Å²) >= 11 is 0. The topological polar surface area (TPSA) is 62.2 Å². The minimum atomic E-state index is 0.0357. The lowest BCUT2D eigenvalue weighted by molar-refractivity contribution is -0.126. The first kappa shape index (κ1) is 16.1. The standard InChI is InChI=1S/C18H21N5O/c1-14-12-17(21-15(2)20-14)22-8-10-23(11-9-22)18(24)6-5-16-4-3-7-19-13-16/h3-7,12-13H,8-11H2,1-2H3/b6-5+. The third kappa shape index (κ3) is 3.95. The quantitative estimate of drug-likeness (QED) is 0.807. The highest BCUT2D eigenvalue weighted by atomic mass is 16.2. The summed E-state index contributed by atoms with van der Waals surface area (Å²) in [6, 6.07) is 5.77. The van der Waals surface area contributed by atoms with Crippen LogP contribution in [0.5, 0.6) is 0 Å². The summed E-state index contributed by atoms with van der Waals surface area (Å²) in [4.78, 5) is 29.2. The first-order valence-corrected chi connectivity index (χ1v) is 8.06. The number of nitrogens with zero attached hydrogens (tertiary/aromatic N) is 5. The highest BCUT2D eigenvalue weighted by Crippen LogP contribution is 2.15. The number of rotatable bonds is 3. The molecule has 6 nitrogen and oxygen atoms in total. The van der Waals surface area contributed by atoms with E-state index in [2.05, 4.69) is 19.9 Å². The van der Waals surface area contributed by atoms with Crippen LogP contribution in [0.2, 0.25) is 0 Å². The van der Waals surface area contributed by atoms with Crippen molar-refractivity contribution in [3.8, 4) is 0 Å². The van der Waals surface area contributed by atoms with Crippen molar-refractivity contribution in [2.45, 2.75) is 13.8 Å². The van der Waals surface area contributed by atoms with Gasteiger partial charge in [-0.25, -0.2) is 9.97 Å². The number of hydrogen-bond donors (Lipinski definition) is 0. The Balaban J connectivity index is 1.58. The monoisotopic (exact) mass is 323 g/mol. The Kier molecular flexibility index (Phi) is 4.84. The van der Waals surface area contributed by atoms with Crippen LogP contribution < -0.4 is 4.90 Å². The van der Waals surface area contributed by atoms with Crippen molar-refractivity contribution < 1.29 is 4.79 Å². The van der Waals surface area contributed by atoms with Crippen LogP contribution in [0.15, 0.2) is 36.7 Å². The summed E-state index contributed by atoms with van der Waals surface area (Å²) in [5.41, 5.74) is 1.90. The molecular weight excluding hydrogens is 302 g/mol. The van der Waals surface area contributed by atoms with Crippen LogP contribution in [0, 0.1) is 13.8 Å². The van der Waals surface area contributed by atoms with Crippen molar-refractivity contribution in [1.82, 2.24) is 19.9 Å². The number of hydrogen-bond acceptors (Lipinski definition) is 5. The third-order valence-electron chi connectivity index (χ3n) is 3.97. The van der Waals surface area contributed by atoms with Crippen LogP contribution in [0.25, 0.3) is 6.08 Å². The summed E-state index contributed by atoms with van der Waals surface area (Å²) < 4.78 is 0. The molecule has 24 heavy (non-hydrogen) atoms. The normalized spacial score (nSPS) is 15.1. The minimum Gasteiger partial charge on any atom is -0.353 e. The maximum Gasteiger partial charge on any atom is 0.246 e. The number of aromatic nitrogens is 3. The first-order valence-electron chi connectivity index (χ1n) is 8.06. The predicted octanol–water partition coefficient (Wildman–Crippen LogP) is 1.85. The first-order chi connectivity index (χ1) is 11.6. The van der Waals surface area contributed by atoms with Gasteiger partial charge in [0.2, 0.25) is 5.91 Å². The number of amides is 1. The number of pyridine rings is 1. The van der Waals surface area contributed by atoms with E-state index in [4.69, 9.17) is 0 Å². The van der Waals surface area contributed by atoms with Crippen molar-refractivity contribution >= 4 is 17.8 Å². The van der Waals surface area contributed by atoms with Gasteiger partial charge in [-0.15, -0.1) is 0 Å². The molecular formula is C18H21N5O. The van der Waals surface area contributed by atoms with E-state index in [0.29, 0.717) is 13.1 Å². The molecule has 0 spiro atoms. The molecule has 6 heteroatoms. The van der Waals surface area contributed by atoms with Gasteiger partial charge < -0.3 is 9.80 Å². The Morgan fingerprint density at radius 2 is 1.96 bits per heavy atom. The fraction of sp³-hybridized carbons (Fsp3) is 0.333. The molecule has 1 aliphatic heterocycles. The van der Waals surface area contributed by atoms with Gasteiger partial charge >= 0.3 is 0 Å². The molecule has 2 aromatic heterocycles. The molecule has 1 saturated heterocycles. The summed E-state index contributed by atoms with van der Waals surface area (Å²) in [7, 11) is 0. The predicted molar refractivity (Wildman–Crippen MR) is 93.6 cm³/mol. The molecule has 1 fully saturated rings. The molecule has 0 aromatic carbocycles. The van der Waals surface area contributed by atoms with E-state index in [1.54, 1.807) is 24.5 Å². The van der Waals surface area contributed by atoms with E-state index in [1.807, 2.05) is 36.9 Å². The van der Waals surface area contributed by atoms with Crippen LogP contribution in [-0.4, -0.2) is 51.9 Å². The van der Waals surface area contributed by atoms with E-state index in [1.165, 1.54) is 0 Å². The van der Waals surface area contributed by atoms with Crippen molar-refractivity contribution in [2.24, 2.45) is 0 Å². The molecule has 0 bridgehead atoms. The number of carbonyl (C=O) groups is 1. The van der Waals surface area contributed by atoms with Gasteiger partial charge in [0.25, 0.3) is 0 Å². The molecule has 3 heterocycles. The fourth-order valence-electron chi connectivity index (χ4n) is 2.76. The van der Waals surface area contributed by atoms with Crippen molar-refractivity contribution in [3.05, 3.63) is 53.8 Å². The number of anilines is 1. The highest BCUT2D eigenvalue weighted by Gasteiger charge is 2.20. The largest absolute Gasteiger partial charge is 0.353 e. The fourth-order valence-corrected chi connectivity index (χ4v) is 2.76. The number of carbonyl (C=O) groups excluding carboxylic acids is 1. The maximum absolute atomic E-state index is 12.3. The zero-order valence-electron chi connectivity index (χ0n) is 14.0. The molecule has 124 valence electrons. The van der Waals surface area contributed by atoms with Gasteiger partial charge in [0.05, 0.1) is 0 Å². The molecule has 0 radical (unpaired) electrons. The Bertz CT molecular complexity index is 716. The summed E-state index contributed by atoms with van der Waals surface area (Å²) in [5, 5.41) is 0. The average Bonchev–Trinajstić information content (AvgIpc) is 2.60. The Morgan fingerprint density at radius 3 is 2.62 bits per heavy atom. The molecule has 0 unspecified atom stereocenters. The van der Waals surface area contributed by atoms with Gasteiger partial charge in [-0.05, 0) is 31.6 Å². The minimum absolute atomic E-state index is 0.0357. The van der Waals surface area contributed by atoms with E-state index < -0.39 is 0 Å². The van der Waals surface area contributed by atoms with Crippen molar-refractivity contribution in [3.63, 3.8) is 0 Å². The third-order valence-corrected chi connectivity index (χ3v) is 3.97. The lowest BCUT2D eigenvalue weighted by atomic mass is 10.2. The molecule has 0 atom stereocenters. The van der Waals surface area contributed by atoms with Crippen LogP contribution in [-0.2, 0) is 4.79 Å². The Hall–Kier alpha value is -2.76. The van der Waals surface area contributed by atoms with Crippen LogP contribution in [0.1, 0.15) is 17.1 Å². The van der Waals surface area contributed by atoms with E-state index >= 15 is 0 Å². The van der Waals surface area contributed by atoms with Crippen LogP contribution >= 0.6 is 0 Å².